The van der Waals surface area contributed by atoms with Crippen LogP contribution in [-0.2, 0) is 13.0 Å². The normalized spacial score (nSPS) is 10.6. The third kappa shape index (κ3) is 2.37. The highest BCUT2D eigenvalue weighted by Crippen LogP contribution is 2.20. The Balaban J connectivity index is 2.36. The molecule has 0 N–H and O–H groups in total. The summed E-state index contributed by atoms with van der Waals surface area (Å²) < 4.78 is 1.59. The average Bonchev–Trinajstić information content (AvgIpc) is 2.76. The lowest BCUT2D eigenvalue weighted by molar-refractivity contribution is 0.627. The molecule has 4 nitrogen and oxygen atoms in total. The van der Waals surface area contributed by atoms with Crippen LogP contribution in [0.2, 0.25) is 0 Å². The zero-order valence-electron chi connectivity index (χ0n) is 9.64. The predicted molar refractivity (Wildman–Crippen MR) is 68.1 cm³/mol. The van der Waals surface area contributed by atoms with E-state index in [2.05, 4.69) is 18.0 Å². The van der Waals surface area contributed by atoms with Crippen LogP contribution in [0.4, 0.5) is 0 Å². The number of aryl methyl sites for hydroxylation is 2. The van der Waals surface area contributed by atoms with Gasteiger partial charge in [0.15, 0.2) is 0 Å². The Kier molecular flexibility index (Phi) is 3.55. The van der Waals surface area contributed by atoms with Crippen LogP contribution in [0.15, 0.2) is 17.2 Å². The van der Waals surface area contributed by atoms with Crippen molar-refractivity contribution >= 4 is 21.6 Å². The van der Waals surface area contributed by atoms with Gasteiger partial charge in [-0.1, -0.05) is 6.92 Å². The van der Waals surface area contributed by atoms with Gasteiger partial charge in [-0.2, -0.15) is 5.26 Å². The quantitative estimate of drug-likeness (QED) is 0.779. The molecule has 0 bridgehead atoms. The Morgan fingerprint density at radius 3 is 3.12 bits per heavy atom. The van der Waals surface area contributed by atoms with Crippen LogP contribution < -0.4 is 5.56 Å². The summed E-state index contributed by atoms with van der Waals surface area (Å²) in [4.78, 5) is 18.4. The molecule has 0 saturated carbocycles. The number of hydrogen-bond donors (Lipinski definition) is 0. The molecule has 0 radical (unpaired) electrons. The zero-order valence-corrected chi connectivity index (χ0v) is 10.5. The minimum absolute atomic E-state index is 0.00360. The maximum absolute atomic E-state index is 12.1. The highest BCUT2D eigenvalue weighted by Gasteiger charge is 2.07. The van der Waals surface area contributed by atoms with E-state index in [4.69, 9.17) is 5.26 Å². The molecule has 0 spiro atoms. The number of thiophene rings is 1. The summed E-state index contributed by atoms with van der Waals surface area (Å²) in [7, 11) is 0. The molecule has 0 aliphatic heterocycles. The first-order valence-corrected chi connectivity index (χ1v) is 6.42. The van der Waals surface area contributed by atoms with Crippen molar-refractivity contribution in [3.63, 3.8) is 0 Å². The fourth-order valence-corrected chi connectivity index (χ4v) is 2.60. The van der Waals surface area contributed by atoms with Gasteiger partial charge < -0.3 is 0 Å². The Hall–Kier alpha value is -1.67. The number of rotatable bonds is 4. The predicted octanol–water partition coefficient (Wildman–Crippen LogP) is 2.32. The largest absolute Gasteiger partial charge is 0.299 e. The number of hydrogen-bond acceptors (Lipinski definition) is 4. The van der Waals surface area contributed by atoms with Gasteiger partial charge in [0.25, 0.3) is 5.56 Å². The number of aromatic nitrogens is 2. The van der Waals surface area contributed by atoms with E-state index in [1.54, 1.807) is 22.2 Å². The van der Waals surface area contributed by atoms with Crippen molar-refractivity contribution in [1.82, 2.24) is 9.55 Å². The van der Waals surface area contributed by atoms with Gasteiger partial charge in [-0.25, -0.2) is 4.98 Å². The van der Waals surface area contributed by atoms with Crippen LogP contribution in [0.25, 0.3) is 10.2 Å². The van der Waals surface area contributed by atoms with E-state index in [-0.39, 0.29) is 5.56 Å². The number of fused-ring (bicyclic) bond motifs is 1. The molecule has 2 heterocycles. The summed E-state index contributed by atoms with van der Waals surface area (Å²) >= 11 is 1.57. The molecule has 0 atom stereocenters. The molecular formula is C12H13N3OS. The molecule has 5 heteroatoms. The molecule has 0 amide bonds. The molecule has 2 aromatic rings. The molecule has 0 fully saturated rings. The fourth-order valence-electron chi connectivity index (χ4n) is 1.67. The molecular weight excluding hydrogens is 234 g/mol. The second-order valence-electron chi connectivity index (χ2n) is 3.79. The summed E-state index contributed by atoms with van der Waals surface area (Å²) in [6.07, 6.45) is 3.66. The summed E-state index contributed by atoms with van der Waals surface area (Å²) in [5.74, 6) is 0. The topological polar surface area (TPSA) is 58.7 Å². The van der Waals surface area contributed by atoms with E-state index in [9.17, 15) is 4.79 Å². The van der Waals surface area contributed by atoms with Crippen LogP contribution in [0.3, 0.4) is 0 Å². The summed E-state index contributed by atoms with van der Waals surface area (Å²) in [5.41, 5.74) is 0.00360. The molecule has 17 heavy (non-hydrogen) atoms. The minimum Gasteiger partial charge on any atom is -0.299 e. The first-order chi connectivity index (χ1) is 8.26. The van der Waals surface area contributed by atoms with Crippen molar-refractivity contribution in [2.24, 2.45) is 0 Å². The number of unbranched alkanes of at least 4 members (excludes halogenated alkanes) is 1. The lowest BCUT2D eigenvalue weighted by Gasteiger charge is -2.02. The highest BCUT2D eigenvalue weighted by atomic mass is 32.1. The molecule has 0 aromatic carbocycles. The van der Waals surface area contributed by atoms with E-state index < -0.39 is 0 Å². The minimum atomic E-state index is 0.00360. The van der Waals surface area contributed by atoms with E-state index in [0.29, 0.717) is 24.8 Å². The van der Waals surface area contributed by atoms with Crippen molar-refractivity contribution in [1.29, 1.82) is 5.26 Å². The monoisotopic (exact) mass is 247 g/mol. The first kappa shape index (κ1) is 11.8. The maximum Gasteiger partial charge on any atom is 0.262 e. The Morgan fingerprint density at radius 2 is 2.41 bits per heavy atom. The van der Waals surface area contributed by atoms with Gasteiger partial charge in [0.1, 0.15) is 4.83 Å². The van der Waals surface area contributed by atoms with Crippen molar-refractivity contribution in [3.05, 3.63) is 27.6 Å². The third-order valence-corrected chi connectivity index (χ3v) is 3.79. The standard InChI is InChI=1S/C12H13N3OS/c1-2-9-7-10-11(17-9)14-8-15(12(10)16)6-4-3-5-13/h7-8H,2-4,6H2,1H3. The molecule has 0 unspecified atom stereocenters. The highest BCUT2D eigenvalue weighted by molar-refractivity contribution is 7.18. The lowest BCUT2D eigenvalue weighted by Crippen LogP contribution is -2.19. The molecule has 0 aliphatic rings. The molecule has 0 aliphatic carbocycles. The first-order valence-electron chi connectivity index (χ1n) is 5.61. The van der Waals surface area contributed by atoms with Gasteiger partial charge in [-0.15, -0.1) is 11.3 Å². The van der Waals surface area contributed by atoms with E-state index in [1.165, 1.54) is 4.88 Å². The van der Waals surface area contributed by atoms with Crippen LogP contribution in [0.5, 0.6) is 0 Å². The summed E-state index contributed by atoms with van der Waals surface area (Å²) in [5, 5.41) is 9.17. The van der Waals surface area contributed by atoms with Crippen molar-refractivity contribution in [2.45, 2.75) is 32.7 Å². The van der Waals surface area contributed by atoms with Gasteiger partial charge in [0, 0.05) is 17.8 Å². The van der Waals surface area contributed by atoms with Crippen molar-refractivity contribution in [3.8, 4) is 6.07 Å². The van der Waals surface area contributed by atoms with Crippen LogP contribution in [0.1, 0.15) is 24.6 Å². The Labute approximate surface area is 103 Å². The van der Waals surface area contributed by atoms with E-state index in [1.807, 2.05) is 6.07 Å². The number of nitriles is 1. The van der Waals surface area contributed by atoms with Crippen LogP contribution >= 0.6 is 11.3 Å². The van der Waals surface area contributed by atoms with Crippen LogP contribution in [0, 0.1) is 11.3 Å². The summed E-state index contributed by atoms with van der Waals surface area (Å²) in [6, 6.07) is 4.00. The van der Waals surface area contributed by atoms with Crippen molar-refractivity contribution < 1.29 is 0 Å². The zero-order chi connectivity index (χ0) is 12.3. The summed E-state index contributed by atoms with van der Waals surface area (Å²) in [6.45, 7) is 2.63. The van der Waals surface area contributed by atoms with Gasteiger partial charge in [-0.3, -0.25) is 9.36 Å². The van der Waals surface area contributed by atoms with Gasteiger partial charge in [0.05, 0.1) is 17.8 Å². The molecule has 2 aromatic heterocycles. The third-order valence-electron chi connectivity index (χ3n) is 2.61. The van der Waals surface area contributed by atoms with Gasteiger partial charge in [0.2, 0.25) is 0 Å². The molecule has 2 rings (SSSR count). The maximum atomic E-state index is 12.1. The lowest BCUT2D eigenvalue weighted by atomic mass is 10.3. The smallest absolute Gasteiger partial charge is 0.262 e. The fraction of sp³-hybridized carbons (Fsp3) is 0.417. The second-order valence-corrected chi connectivity index (χ2v) is 4.91. The molecule has 88 valence electrons. The van der Waals surface area contributed by atoms with Crippen molar-refractivity contribution in [2.75, 3.05) is 0 Å². The van der Waals surface area contributed by atoms with Crippen LogP contribution in [-0.4, -0.2) is 9.55 Å². The van der Waals surface area contributed by atoms with E-state index >= 15 is 0 Å². The average molecular weight is 247 g/mol. The Bertz CT molecular complexity index is 621. The van der Waals surface area contributed by atoms with Gasteiger partial charge in [-0.05, 0) is 18.9 Å². The number of nitrogens with zero attached hydrogens (tertiary/aromatic N) is 3. The van der Waals surface area contributed by atoms with E-state index in [0.717, 1.165) is 11.3 Å². The van der Waals surface area contributed by atoms with Gasteiger partial charge >= 0.3 is 0 Å². The SMILES string of the molecule is CCc1cc2c(=O)n(CCCC#N)cnc2s1. The second kappa shape index (κ2) is 5.11. The molecule has 0 saturated heterocycles. The Morgan fingerprint density at radius 1 is 1.59 bits per heavy atom.